The molecule has 1 aromatic carbocycles. The van der Waals surface area contributed by atoms with E-state index in [-0.39, 0.29) is 5.91 Å². The number of imidazole rings is 1. The number of hydrogen-bond donors (Lipinski definition) is 1. The van der Waals surface area contributed by atoms with Gasteiger partial charge in [0.2, 0.25) is 0 Å². The molecule has 1 aliphatic heterocycles. The molecule has 0 radical (unpaired) electrons. The highest BCUT2D eigenvalue weighted by Crippen LogP contribution is 2.17. The number of aryl methyl sites for hydroxylation is 1. The van der Waals surface area contributed by atoms with Gasteiger partial charge in [0, 0.05) is 37.7 Å². The summed E-state index contributed by atoms with van der Waals surface area (Å²) in [4.78, 5) is 19.1. The molecule has 6 heteroatoms. The number of morpholine rings is 1. The lowest BCUT2D eigenvalue weighted by molar-refractivity contribution is 0.0946. The van der Waals surface area contributed by atoms with Gasteiger partial charge in [-0.05, 0) is 36.2 Å². The van der Waals surface area contributed by atoms with Crippen LogP contribution in [0.2, 0.25) is 0 Å². The van der Waals surface area contributed by atoms with Crippen molar-refractivity contribution in [2.24, 2.45) is 0 Å². The third kappa shape index (κ3) is 3.41. The van der Waals surface area contributed by atoms with Crippen molar-refractivity contribution in [3.8, 4) is 0 Å². The van der Waals surface area contributed by atoms with Gasteiger partial charge in [-0.1, -0.05) is 18.2 Å². The Balaban J connectivity index is 1.39. The number of carbonyl (C=O) groups is 1. The van der Waals surface area contributed by atoms with E-state index in [1.807, 2.05) is 29.7 Å². The Morgan fingerprint density at radius 1 is 1.19 bits per heavy atom. The van der Waals surface area contributed by atoms with Crippen LogP contribution < -0.4 is 10.2 Å². The summed E-state index contributed by atoms with van der Waals surface area (Å²) in [6.07, 6.45) is 3.66. The number of carbonyl (C=O) groups excluding carboxylic acids is 1. The number of benzene rings is 1. The maximum atomic E-state index is 12.4. The fraction of sp³-hybridized carbons (Fsp3) is 0.300. The van der Waals surface area contributed by atoms with E-state index in [9.17, 15) is 4.79 Å². The summed E-state index contributed by atoms with van der Waals surface area (Å²) >= 11 is 0. The summed E-state index contributed by atoms with van der Waals surface area (Å²) < 4.78 is 7.26. The van der Waals surface area contributed by atoms with Gasteiger partial charge < -0.3 is 19.4 Å². The molecule has 6 nitrogen and oxygen atoms in total. The monoisotopic (exact) mass is 350 g/mol. The molecule has 1 amide bonds. The van der Waals surface area contributed by atoms with Gasteiger partial charge in [-0.3, -0.25) is 4.79 Å². The Hall–Kier alpha value is -2.86. The molecule has 0 atom stereocenters. The highest BCUT2D eigenvalue weighted by atomic mass is 16.5. The van der Waals surface area contributed by atoms with Crippen molar-refractivity contribution < 1.29 is 9.53 Å². The number of rotatable bonds is 4. The maximum Gasteiger partial charge on any atom is 0.271 e. The largest absolute Gasteiger partial charge is 0.378 e. The number of hydrogen-bond acceptors (Lipinski definition) is 4. The van der Waals surface area contributed by atoms with E-state index in [1.165, 1.54) is 5.69 Å². The molecule has 0 bridgehead atoms. The summed E-state index contributed by atoms with van der Waals surface area (Å²) in [5, 5.41) is 2.95. The van der Waals surface area contributed by atoms with Gasteiger partial charge in [0.1, 0.15) is 11.3 Å². The van der Waals surface area contributed by atoms with Gasteiger partial charge in [0.25, 0.3) is 5.91 Å². The van der Waals surface area contributed by atoms with Crippen molar-refractivity contribution in [2.45, 2.75) is 13.5 Å². The second kappa shape index (κ2) is 7.17. The van der Waals surface area contributed by atoms with Crippen LogP contribution in [-0.2, 0) is 11.3 Å². The lowest BCUT2D eigenvalue weighted by Crippen LogP contribution is -2.36. The highest BCUT2D eigenvalue weighted by molar-refractivity contribution is 5.92. The van der Waals surface area contributed by atoms with E-state index in [0.29, 0.717) is 12.2 Å². The number of nitrogens with one attached hydrogen (secondary N) is 1. The second-order valence-corrected chi connectivity index (χ2v) is 6.50. The van der Waals surface area contributed by atoms with E-state index < -0.39 is 0 Å². The van der Waals surface area contributed by atoms with Crippen molar-refractivity contribution >= 4 is 17.2 Å². The fourth-order valence-corrected chi connectivity index (χ4v) is 3.18. The first-order valence-electron chi connectivity index (χ1n) is 8.85. The minimum Gasteiger partial charge on any atom is -0.378 e. The van der Waals surface area contributed by atoms with E-state index in [0.717, 1.165) is 43.1 Å². The Kier molecular flexibility index (Phi) is 4.58. The molecule has 1 N–H and O–H groups in total. The predicted molar refractivity (Wildman–Crippen MR) is 101 cm³/mol. The summed E-state index contributed by atoms with van der Waals surface area (Å²) in [6.45, 7) is 5.86. The summed E-state index contributed by atoms with van der Waals surface area (Å²) in [5.74, 6) is -0.162. The van der Waals surface area contributed by atoms with E-state index in [4.69, 9.17) is 4.74 Å². The number of nitrogens with zero attached hydrogens (tertiary/aromatic N) is 3. The summed E-state index contributed by atoms with van der Waals surface area (Å²) in [7, 11) is 0. The molecule has 3 aromatic rings. The standard InChI is InChI=1S/C20H22N4O2/c1-15-3-2-8-24-14-18(22-19(15)24)20(25)21-13-16-4-6-17(7-5-16)23-9-11-26-12-10-23/h2-8,14H,9-13H2,1H3,(H,21,25). The zero-order valence-corrected chi connectivity index (χ0v) is 14.8. The van der Waals surface area contributed by atoms with Crippen LogP contribution >= 0.6 is 0 Å². The first kappa shape index (κ1) is 16.6. The molecule has 1 saturated heterocycles. The van der Waals surface area contributed by atoms with Gasteiger partial charge in [-0.2, -0.15) is 0 Å². The molecule has 134 valence electrons. The van der Waals surface area contributed by atoms with E-state index in [1.54, 1.807) is 6.20 Å². The predicted octanol–water partition coefficient (Wildman–Crippen LogP) is 2.41. The Bertz CT molecular complexity index is 911. The number of pyridine rings is 1. The van der Waals surface area contributed by atoms with Crippen LogP contribution in [-0.4, -0.2) is 41.6 Å². The molecule has 2 aromatic heterocycles. The smallest absolute Gasteiger partial charge is 0.271 e. The molecule has 0 aliphatic carbocycles. The third-order valence-corrected chi connectivity index (χ3v) is 4.68. The van der Waals surface area contributed by atoms with Crippen molar-refractivity contribution in [3.05, 3.63) is 65.6 Å². The molecule has 1 aliphatic rings. The average Bonchev–Trinajstić information content (AvgIpc) is 3.13. The fourth-order valence-electron chi connectivity index (χ4n) is 3.18. The van der Waals surface area contributed by atoms with E-state index >= 15 is 0 Å². The first-order chi connectivity index (χ1) is 12.7. The van der Waals surface area contributed by atoms with Crippen LogP contribution in [0.5, 0.6) is 0 Å². The van der Waals surface area contributed by atoms with Crippen LogP contribution in [0.1, 0.15) is 21.6 Å². The molecule has 0 unspecified atom stereocenters. The van der Waals surface area contributed by atoms with Gasteiger partial charge in [-0.25, -0.2) is 4.98 Å². The number of anilines is 1. The maximum absolute atomic E-state index is 12.4. The number of fused-ring (bicyclic) bond motifs is 1. The quantitative estimate of drug-likeness (QED) is 0.785. The zero-order chi connectivity index (χ0) is 17.9. The van der Waals surface area contributed by atoms with E-state index in [2.05, 4.69) is 39.5 Å². The normalized spacial score (nSPS) is 14.6. The molecule has 0 saturated carbocycles. The number of ether oxygens (including phenoxy) is 1. The molecular weight excluding hydrogens is 328 g/mol. The Labute approximate surface area is 152 Å². The van der Waals surface area contributed by atoms with Gasteiger partial charge in [-0.15, -0.1) is 0 Å². The van der Waals surface area contributed by atoms with Crippen LogP contribution in [0, 0.1) is 6.92 Å². The Morgan fingerprint density at radius 2 is 1.96 bits per heavy atom. The number of aromatic nitrogens is 2. The zero-order valence-electron chi connectivity index (χ0n) is 14.8. The summed E-state index contributed by atoms with van der Waals surface area (Å²) in [6, 6.07) is 12.2. The summed E-state index contributed by atoms with van der Waals surface area (Å²) in [5.41, 5.74) is 4.55. The van der Waals surface area contributed by atoms with Crippen molar-refractivity contribution in [2.75, 3.05) is 31.2 Å². The van der Waals surface area contributed by atoms with Gasteiger partial charge in [0.15, 0.2) is 0 Å². The lowest BCUT2D eigenvalue weighted by Gasteiger charge is -2.28. The Morgan fingerprint density at radius 3 is 2.69 bits per heavy atom. The van der Waals surface area contributed by atoms with Crippen LogP contribution in [0.3, 0.4) is 0 Å². The van der Waals surface area contributed by atoms with Crippen molar-refractivity contribution in [1.82, 2.24) is 14.7 Å². The topological polar surface area (TPSA) is 58.9 Å². The van der Waals surface area contributed by atoms with Crippen LogP contribution in [0.25, 0.3) is 5.65 Å². The van der Waals surface area contributed by atoms with Gasteiger partial charge >= 0.3 is 0 Å². The number of amides is 1. The minimum absolute atomic E-state index is 0.162. The highest BCUT2D eigenvalue weighted by Gasteiger charge is 2.13. The minimum atomic E-state index is -0.162. The first-order valence-corrected chi connectivity index (χ1v) is 8.85. The second-order valence-electron chi connectivity index (χ2n) is 6.50. The molecule has 26 heavy (non-hydrogen) atoms. The SMILES string of the molecule is Cc1cccn2cc(C(=O)NCc3ccc(N4CCOCC4)cc3)nc12. The average molecular weight is 350 g/mol. The molecule has 3 heterocycles. The van der Waals surface area contributed by atoms with Crippen molar-refractivity contribution in [1.29, 1.82) is 0 Å². The molecular formula is C20H22N4O2. The molecule has 0 spiro atoms. The molecule has 4 rings (SSSR count). The lowest BCUT2D eigenvalue weighted by atomic mass is 10.2. The van der Waals surface area contributed by atoms with Gasteiger partial charge in [0.05, 0.1) is 13.2 Å². The van der Waals surface area contributed by atoms with Crippen molar-refractivity contribution in [3.63, 3.8) is 0 Å². The van der Waals surface area contributed by atoms with Crippen LogP contribution in [0.4, 0.5) is 5.69 Å². The molecule has 1 fully saturated rings. The van der Waals surface area contributed by atoms with Crippen LogP contribution in [0.15, 0.2) is 48.8 Å². The third-order valence-electron chi connectivity index (χ3n) is 4.68.